The van der Waals surface area contributed by atoms with Crippen LogP contribution in [-0.4, -0.2) is 30.6 Å². The maximum Gasteiger partial charge on any atom is 0.308 e. The number of benzene rings is 1. The third-order valence-electron chi connectivity index (χ3n) is 5.48. The number of carboxylic acids is 1. The maximum atomic E-state index is 12.6. The van der Waals surface area contributed by atoms with Crippen LogP contribution in [-0.2, 0) is 16.0 Å². The van der Waals surface area contributed by atoms with Crippen LogP contribution in [0.15, 0.2) is 24.3 Å². The number of carbonyl (C=O) groups excluding carboxylic acids is 1. The lowest BCUT2D eigenvalue weighted by Crippen LogP contribution is -2.44. The number of ether oxygens (including phenoxy) is 1. The average molecular weight is 347 g/mol. The van der Waals surface area contributed by atoms with Crippen molar-refractivity contribution in [2.75, 3.05) is 13.7 Å². The minimum absolute atomic E-state index is 0.0503. The molecular formula is C20H29NO4. The monoisotopic (exact) mass is 347 g/mol. The predicted molar refractivity (Wildman–Crippen MR) is 96.6 cm³/mol. The molecule has 1 aliphatic carbocycles. The van der Waals surface area contributed by atoms with Crippen molar-refractivity contribution in [2.24, 2.45) is 17.3 Å². The number of para-hydroxylation sites is 1. The quantitative estimate of drug-likeness (QED) is 0.757. The van der Waals surface area contributed by atoms with Crippen LogP contribution >= 0.6 is 0 Å². The molecule has 138 valence electrons. The van der Waals surface area contributed by atoms with E-state index < -0.39 is 17.3 Å². The Morgan fingerprint density at radius 1 is 1.28 bits per heavy atom. The van der Waals surface area contributed by atoms with Gasteiger partial charge >= 0.3 is 5.97 Å². The molecule has 1 amide bonds. The molecule has 5 nitrogen and oxygen atoms in total. The fourth-order valence-electron chi connectivity index (χ4n) is 3.66. The lowest BCUT2D eigenvalue weighted by molar-refractivity contribution is -0.142. The van der Waals surface area contributed by atoms with Crippen LogP contribution in [0.4, 0.5) is 0 Å². The van der Waals surface area contributed by atoms with Gasteiger partial charge in [0.25, 0.3) is 0 Å². The Labute approximate surface area is 149 Å². The zero-order valence-electron chi connectivity index (χ0n) is 15.4. The molecule has 5 heteroatoms. The number of methoxy groups -OCH3 is 1. The van der Waals surface area contributed by atoms with Crippen molar-refractivity contribution in [1.29, 1.82) is 0 Å². The summed E-state index contributed by atoms with van der Waals surface area (Å²) in [6.07, 6.45) is 4.82. The van der Waals surface area contributed by atoms with E-state index in [1.165, 1.54) is 12.8 Å². The Balaban J connectivity index is 1.99. The van der Waals surface area contributed by atoms with Crippen LogP contribution in [0.5, 0.6) is 5.75 Å². The molecule has 1 atom stereocenters. The lowest BCUT2D eigenvalue weighted by atomic mass is 9.77. The number of rotatable bonds is 8. The van der Waals surface area contributed by atoms with Gasteiger partial charge < -0.3 is 15.2 Å². The van der Waals surface area contributed by atoms with Gasteiger partial charge in [0.2, 0.25) is 5.91 Å². The number of nitrogens with one attached hydrogen (secondary N) is 1. The molecule has 0 aromatic heterocycles. The predicted octanol–water partition coefficient (Wildman–Crippen LogP) is 3.27. The SMILES string of the molecule is COc1ccccc1CC(CNC(=O)C(C)(C)C1CCCC1)C(=O)O. The molecule has 2 N–H and O–H groups in total. The van der Waals surface area contributed by atoms with E-state index in [-0.39, 0.29) is 12.5 Å². The van der Waals surface area contributed by atoms with E-state index >= 15 is 0 Å². The van der Waals surface area contributed by atoms with Gasteiger partial charge in [-0.2, -0.15) is 0 Å². The first-order valence-corrected chi connectivity index (χ1v) is 8.99. The third kappa shape index (κ3) is 4.74. The fourth-order valence-corrected chi connectivity index (χ4v) is 3.66. The van der Waals surface area contributed by atoms with Gasteiger partial charge in [0.15, 0.2) is 0 Å². The highest BCUT2D eigenvalue weighted by atomic mass is 16.5. The summed E-state index contributed by atoms with van der Waals surface area (Å²) >= 11 is 0. The first kappa shape index (κ1) is 19.3. The molecule has 1 fully saturated rings. The molecule has 2 rings (SSSR count). The zero-order chi connectivity index (χ0) is 18.4. The van der Waals surface area contributed by atoms with Gasteiger partial charge in [-0.05, 0) is 36.8 Å². The fraction of sp³-hybridized carbons (Fsp3) is 0.600. The summed E-state index contributed by atoms with van der Waals surface area (Å²) in [5, 5.41) is 12.4. The Bertz CT molecular complexity index is 605. The van der Waals surface area contributed by atoms with E-state index in [4.69, 9.17) is 4.74 Å². The van der Waals surface area contributed by atoms with Gasteiger partial charge in [-0.1, -0.05) is 44.9 Å². The molecule has 1 unspecified atom stereocenters. The molecular weight excluding hydrogens is 318 g/mol. The number of carboxylic acid groups (broad SMARTS) is 1. The second kappa shape index (κ2) is 8.37. The van der Waals surface area contributed by atoms with Crippen molar-refractivity contribution in [3.63, 3.8) is 0 Å². The molecule has 1 aromatic carbocycles. The highest BCUT2D eigenvalue weighted by Crippen LogP contribution is 2.39. The topological polar surface area (TPSA) is 75.6 Å². The van der Waals surface area contributed by atoms with Crippen molar-refractivity contribution >= 4 is 11.9 Å². The minimum Gasteiger partial charge on any atom is -0.496 e. The Kier molecular flexibility index (Phi) is 6.45. The summed E-state index contributed by atoms with van der Waals surface area (Å²) in [5.74, 6) is -0.591. The highest BCUT2D eigenvalue weighted by Gasteiger charge is 2.38. The summed E-state index contributed by atoms with van der Waals surface area (Å²) in [5.41, 5.74) is 0.381. The van der Waals surface area contributed by atoms with Crippen LogP contribution in [0.1, 0.15) is 45.1 Å². The zero-order valence-corrected chi connectivity index (χ0v) is 15.4. The molecule has 0 saturated heterocycles. The van der Waals surface area contributed by atoms with Gasteiger partial charge in [-0.15, -0.1) is 0 Å². The summed E-state index contributed by atoms with van der Waals surface area (Å²) in [7, 11) is 1.57. The van der Waals surface area contributed by atoms with Crippen LogP contribution in [0, 0.1) is 17.3 Å². The smallest absolute Gasteiger partial charge is 0.308 e. The first-order chi connectivity index (χ1) is 11.9. The Morgan fingerprint density at radius 2 is 1.92 bits per heavy atom. The van der Waals surface area contributed by atoms with Gasteiger partial charge in [-0.25, -0.2) is 0 Å². The van der Waals surface area contributed by atoms with Crippen molar-refractivity contribution in [2.45, 2.75) is 46.0 Å². The minimum atomic E-state index is -0.912. The van der Waals surface area contributed by atoms with E-state index in [9.17, 15) is 14.7 Å². The molecule has 0 aliphatic heterocycles. The molecule has 25 heavy (non-hydrogen) atoms. The molecule has 0 heterocycles. The van der Waals surface area contributed by atoms with Crippen LogP contribution in [0.25, 0.3) is 0 Å². The summed E-state index contributed by atoms with van der Waals surface area (Å²) < 4.78 is 5.29. The molecule has 1 aromatic rings. The molecule has 0 radical (unpaired) electrons. The standard InChI is InChI=1S/C20H29NO4/c1-20(2,16-9-5-6-10-16)19(24)21-13-15(18(22)23)12-14-8-4-7-11-17(14)25-3/h4,7-8,11,15-16H,5-6,9-10,12-13H2,1-3H3,(H,21,24)(H,22,23). The second-order valence-electron chi connectivity index (χ2n) is 7.46. The molecule has 0 spiro atoms. The number of amides is 1. The van der Waals surface area contributed by atoms with Gasteiger partial charge in [0, 0.05) is 12.0 Å². The Morgan fingerprint density at radius 3 is 2.52 bits per heavy atom. The van der Waals surface area contributed by atoms with Crippen LogP contribution < -0.4 is 10.1 Å². The number of hydrogen-bond donors (Lipinski definition) is 2. The Hall–Kier alpha value is -2.04. The van der Waals surface area contributed by atoms with Crippen molar-refractivity contribution in [3.05, 3.63) is 29.8 Å². The summed E-state index contributed by atoms with van der Waals surface area (Å²) in [4.78, 5) is 24.3. The normalized spacial score (nSPS) is 16.4. The van der Waals surface area contributed by atoms with Crippen LogP contribution in [0.3, 0.4) is 0 Å². The lowest BCUT2D eigenvalue weighted by Gasteiger charge is -2.30. The van der Waals surface area contributed by atoms with Crippen molar-refractivity contribution < 1.29 is 19.4 Å². The van der Waals surface area contributed by atoms with Gasteiger partial charge in [0.1, 0.15) is 5.75 Å². The first-order valence-electron chi connectivity index (χ1n) is 8.99. The molecule has 0 bridgehead atoms. The number of aliphatic carboxylic acids is 1. The summed E-state index contributed by atoms with van der Waals surface area (Å²) in [6.45, 7) is 4.06. The largest absolute Gasteiger partial charge is 0.496 e. The van der Waals surface area contributed by atoms with Crippen molar-refractivity contribution in [1.82, 2.24) is 5.32 Å². The number of carbonyl (C=O) groups is 2. The van der Waals surface area contributed by atoms with Crippen molar-refractivity contribution in [3.8, 4) is 5.75 Å². The van der Waals surface area contributed by atoms with Gasteiger partial charge in [0.05, 0.1) is 13.0 Å². The van der Waals surface area contributed by atoms with E-state index in [2.05, 4.69) is 5.32 Å². The number of hydrogen-bond acceptors (Lipinski definition) is 3. The maximum absolute atomic E-state index is 12.6. The van der Waals surface area contributed by atoms with E-state index in [0.29, 0.717) is 18.1 Å². The average Bonchev–Trinajstić information content (AvgIpc) is 3.13. The molecule has 1 aliphatic rings. The van der Waals surface area contributed by atoms with Gasteiger partial charge in [-0.3, -0.25) is 9.59 Å². The highest BCUT2D eigenvalue weighted by molar-refractivity contribution is 5.83. The van der Waals surface area contributed by atoms with E-state index in [1.54, 1.807) is 7.11 Å². The third-order valence-corrected chi connectivity index (χ3v) is 5.48. The summed E-state index contributed by atoms with van der Waals surface area (Å²) in [6, 6.07) is 7.39. The van der Waals surface area contributed by atoms with E-state index in [1.807, 2.05) is 38.1 Å². The second-order valence-corrected chi connectivity index (χ2v) is 7.46. The molecule has 1 saturated carbocycles. The van der Waals surface area contributed by atoms with E-state index in [0.717, 1.165) is 18.4 Å². The van der Waals surface area contributed by atoms with Crippen LogP contribution in [0.2, 0.25) is 0 Å².